The zero-order valence-corrected chi connectivity index (χ0v) is 22.2. The first kappa shape index (κ1) is 27.4. The van der Waals surface area contributed by atoms with Gasteiger partial charge in [0.2, 0.25) is 5.91 Å². The van der Waals surface area contributed by atoms with Gasteiger partial charge in [-0.1, -0.05) is 17.3 Å². The fourth-order valence-electron chi connectivity index (χ4n) is 5.42. The molecule has 2 aliphatic rings. The second kappa shape index (κ2) is 12.7. The predicted octanol–water partition coefficient (Wildman–Crippen LogP) is 2.63. The van der Waals surface area contributed by atoms with Crippen molar-refractivity contribution < 1.29 is 19.5 Å². The van der Waals surface area contributed by atoms with E-state index in [0.717, 1.165) is 63.4 Å². The third-order valence-corrected chi connectivity index (χ3v) is 7.39. The Kier molecular flexibility index (Phi) is 9.19. The van der Waals surface area contributed by atoms with E-state index in [1.54, 1.807) is 0 Å². The van der Waals surface area contributed by atoms with Gasteiger partial charge in [0.1, 0.15) is 6.04 Å². The SMILES string of the molecule is CCOC(=O)C(c1ccc(NC(C)=O)cc1)N1CCC(N2CCN(c3ccc(C(N)=NO)cc3)CC2)CC1. The van der Waals surface area contributed by atoms with E-state index in [-0.39, 0.29) is 17.7 Å². The molecule has 1 amide bonds. The molecule has 0 radical (unpaired) electrons. The van der Waals surface area contributed by atoms with Crippen LogP contribution in [0, 0.1) is 0 Å². The first-order chi connectivity index (χ1) is 18.4. The van der Waals surface area contributed by atoms with Gasteiger partial charge in [0.05, 0.1) is 6.61 Å². The van der Waals surface area contributed by atoms with E-state index in [1.807, 2.05) is 55.5 Å². The van der Waals surface area contributed by atoms with Gasteiger partial charge in [0, 0.05) is 69.2 Å². The summed E-state index contributed by atoms with van der Waals surface area (Å²) < 4.78 is 5.44. The van der Waals surface area contributed by atoms with Gasteiger partial charge in [-0.25, -0.2) is 4.79 Å². The molecule has 1 unspecified atom stereocenters. The van der Waals surface area contributed by atoms with Gasteiger partial charge in [0.15, 0.2) is 5.84 Å². The minimum Gasteiger partial charge on any atom is -0.465 e. The molecule has 204 valence electrons. The smallest absolute Gasteiger partial charge is 0.327 e. The van der Waals surface area contributed by atoms with Crippen LogP contribution < -0.4 is 16.0 Å². The van der Waals surface area contributed by atoms with Crippen molar-refractivity contribution in [2.24, 2.45) is 10.9 Å². The number of carbonyl (C=O) groups excluding carboxylic acids is 2. The number of nitrogens with two attached hydrogens (primary N) is 1. The van der Waals surface area contributed by atoms with Crippen molar-refractivity contribution in [1.82, 2.24) is 9.80 Å². The Morgan fingerprint density at radius 3 is 2.21 bits per heavy atom. The number of esters is 1. The van der Waals surface area contributed by atoms with Crippen molar-refractivity contribution >= 4 is 29.1 Å². The van der Waals surface area contributed by atoms with Crippen LogP contribution in [0.4, 0.5) is 11.4 Å². The van der Waals surface area contributed by atoms with E-state index in [4.69, 9.17) is 15.7 Å². The lowest BCUT2D eigenvalue weighted by Crippen LogP contribution is -2.54. The van der Waals surface area contributed by atoms with Gasteiger partial charge in [-0.05, 0) is 61.7 Å². The predicted molar refractivity (Wildman–Crippen MR) is 147 cm³/mol. The molecule has 2 aliphatic heterocycles. The number of amides is 1. The fraction of sp³-hybridized carbons (Fsp3) is 0.464. The summed E-state index contributed by atoms with van der Waals surface area (Å²) in [5.41, 5.74) is 9.10. The van der Waals surface area contributed by atoms with Crippen LogP contribution in [0.3, 0.4) is 0 Å². The Bertz CT molecular complexity index is 1110. The van der Waals surface area contributed by atoms with E-state index >= 15 is 0 Å². The van der Waals surface area contributed by atoms with Crippen molar-refractivity contribution in [2.45, 2.75) is 38.8 Å². The lowest BCUT2D eigenvalue weighted by atomic mass is 9.97. The van der Waals surface area contributed by atoms with Gasteiger partial charge in [-0.2, -0.15) is 0 Å². The van der Waals surface area contributed by atoms with E-state index in [1.165, 1.54) is 6.92 Å². The van der Waals surface area contributed by atoms with Crippen molar-refractivity contribution in [3.05, 3.63) is 59.7 Å². The maximum absolute atomic E-state index is 13.0. The molecular formula is C28H38N6O4. The molecule has 2 aromatic rings. The molecule has 10 heteroatoms. The number of nitrogens with one attached hydrogen (secondary N) is 1. The second-order valence-electron chi connectivity index (χ2n) is 9.78. The number of piperidine rings is 1. The minimum absolute atomic E-state index is 0.111. The summed E-state index contributed by atoms with van der Waals surface area (Å²) >= 11 is 0. The quantitative estimate of drug-likeness (QED) is 0.159. The van der Waals surface area contributed by atoms with E-state index < -0.39 is 6.04 Å². The summed E-state index contributed by atoms with van der Waals surface area (Å²) in [6.07, 6.45) is 1.99. The first-order valence-corrected chi connectivity index (χ1v) is 13.2. The van der Waals surface area contributed by atoms with Crippen LogP contribution in [0.5, 0.6) is 0 Å². The monoisotopic (exact) mass is 522 g/mol. The van der Waals surface area contributed by atoms with E-state index in [2.05, 4.69) is 25.2 Å². The highest BCUT2D eigenvalue weighted by Crippen LogP contribution is 2.29. The van der Waals surface area contributed by atoms with Gasteiger partial charge < -0.3 is 25.9 Å². The average molecular weight is 523 g/mol. The number of carbonyl (C=O) groups is 2. The number of piperazine rings is 1. The molecule has 0 spiro atoms. The molecule has 2 heterocycles. The number of amidine groups is 1. The number of ether oxygens (including phenoxy) is 1. The molecule has 2 saturated heterocycles. The first-order valence-electron chi connectivity index (χ1n) is 13.2. The Morgan fingerprint density at radius 1 is 1.03 bits per heavy atom. The molecular weight excluding hydrogens is 484 g/mol. The summed E-state index contributed by atoms with van der Waals surface area (Å²) in [6.45, 7) is 9.12. The van der Waals surface area contributed by atoms with Crippen LogP contribution in [0.1, 0.15) is 43.9 Å². The maximum Gasteiger partial charge on any atom is 0.327 e. The van der Waals surface area contributed by atoms with Crippen LogP contribution in [0.25, 0.3) is 0 Å². The van der Waals surface area contributed by atoms with Crippen molar-refractivity contribution in [1.29, 1.82) is 0 Å². The summed E-state index contributed by atoms with van der Waals surface area (Å²) in [7, 11) is 0. The molecule has 4 N–H and O–H groups in total. The fourth-order valence-corrected chi connectivity index (χ4v) is 5.42. The summed E-state index contributed by atoms with van der Waals surface area (Å²) in [6, 6.07) is 15.3. The largest absolute Gasteiger partial charge is 0.465 e. The van der Waals surface area contributed by atoms with Crippen LogP contribution in [0.2, 0.25) is 0 Å². The standard InChI is InChI=1S/C28H38N6O4/c1-3-38-28(36)26(21-4-8-23(9-5-21)30-20(2)35)34-14-12-25(13-15-34)33-18-16-32(17-19-33)24-10-6-22(7-11-24)27(29)31-37/h4-11,25-26,37H,3,12-19H2,1-2H3,(H2,29,31)(H,30,35). The number of likely N-dealkylation sites (tertiary alicyclic amines) is 1. The van der Waals surface area contributed by atoms with Gasteiger partial charge in [0.25, 0.3) is 0 Å². The van der Waals surface area contributed by atoms with Gasteiger partial charge >= 0.3 is 5.97 Å². The number of oxime groups is 1. The van der Waals surface area contributed by atoms with E-state index in [0.29, 0.717) is 23.9 Å². The molecule has 2 fully saturated rings. The van der Waals surface area contributed by atoms with Crippen molar-refractivity contribution in [3.8, 4) is 0 Å². The average Bonchev–Trinajstić information content (AvgIpc) is 2.94. The van der Waals surface area contributed by atoms with Crippen molar-refractivity contribution in [3.63, 3.8) is 0 Å². The summed E-state index contributed by atoms with van der Waals surface area (Å²) in [5, 5.41) is 14.7. The highest BCUT2D eigenvalue weighted by atomic mass is 16.5. The zero-order chi connectivity index (χ0) is 27.1. The highest BCUT2D eigenvalue weighted by molar-refractivity contribution is 5.97. The minimum atomic E-state index is -0.452. The van der Waals surface area contributed by atoms with Crippen LogP contribution in [-0.4, -0.2) is 84.6 Å². The second-order valence-corrected chi connectivity index (χ2v) is 9.78. The third kappa shape index (κ3) is 6.62. The topological polar surface area (TPSA) is 124 Å². The molecule has 0 aromatic heterocycles. The zero-order valence-electron chi connectivity index (χ0n) is 22.2. The summed E-state index contributed by atoms with van der Waals surface area (Å²) in [5.74, 6) is -0.247. The Labute approximate surface area is 224 Å². The van der Waals surface area contributed by atoms with Crippen LogP contribution >= 0.6 is 0 Å². The molecule has 1 atom stereocenters. The molecule has 2 aromatic carbocycles. The number of benzene rings is 2. The lowest BCUT2D eigenvalue weighted by molar-refractivity contribution is -0.150. The normalized spacial score (nSPS) is 18.7. The van der Waals surface area contributed by atoms with Crippen molar-refractivity contribution in [2.75, 3.05) is 56.1 Å². The van der Waals surface area contributed by atoms with Crippen LogP contribution in [-0.2, 0) is 14.3 Å². The molecule has 0 saturated carbocycles. The number of hydrogen-bond donors (Lipinski definition) is 3. The molecule has 0 bridgehead atoms. The Hall–Kier alpha value is -3.63. The number of hydrogen-bond acceptors (Lipinski definition) is 8. The number of nitrogens with zero attached hydrogens (tertiary/aromatic N) is 4. The Morgan fingerprint density at radius 2 is 1.66 bits per heavy atom. The van der Waals surface area contributed by atoms with Gasteiger partial charge in [-0.3, -0.25) is 14.6 Å². The molecule has 10 nitrogen and oxygen atoms in total. The Balaban J connectivity index is 1.33. The van der Waals surface area contributed by atoms with Crippen LogP contribution in [0.15, 0.2) is 53.7 Å². The van der Waals surface area contributed by atoms with E-state index in [9.17, 15) is 9.59 Å². The maximum atomic E-state index is 13.0. The molecule has 4 rings (SSSR count). The third-order valence-electron chi connectivity index (χ3n) is 7.39. The summed E-state index contributed by atoms with van der Waals surface area (Å²) in [4.78, 5) is 31.5. The van der Waals surface area contributed by atoms with Gasteiger partial charge in [-0.15, -0.1) is 0 Å². The number of anilines is 2. The lowest BCUT2D eigenvalue weighted by Gasteiger charge is -2.44. The highest BCUT2D eigenvalue weighted by Gasteiger charge is 2.34. The number of rotatable bonds is 8. The molecule has 38 heavy (non-hydrogen) atoms. The molecule has 0 aliphatic carbocycles.